The summed E-state index contributed by atoms with van der Waals surface area (Å²) in [6.45, 7) is 0. The van der Waals surface area contributed by atoms with Gasteiger partial charge in [0.25, 0.3) is 0 Å². The van der Waals surface area contributed by atoms with E-state index in [4.69, 9.17) is 0 Å². The molecule has 0 saturated heterocycles. The molecule has 3 rings (SSSR count). The molecule has 2 aromatic rings. The molecule has 2 aromatic carbocycles. The van der Waals surface area contributed by atoms with Gasteiger partial charge >= 0.3 is 0 Å². The molecule has 0 heterocycles. The number of sulfonamides is 1. The van der Waals surface area contributed by atoms with Crippen molar-refractivity contribution in [3.05, 3.63) is 53.8 Å². The Balaban J connectivity index is 1.80. The second-order valence-electron chi connectivity index (χ2n) is 6.40. The smallest absolute Gasteiger partial charge is 0.240 e. The minimum Gasteiger partial charge on any atom is -0.393 e. The van der Waals surface area contributed by atoms with Crippen molar-refractivity contribution in [3.63, 3.8) is 0 Å². The summed E-state index contributed by atoms with van der Waals surface area (Å²) < 4.78 is 67.7. The molecular weight excluding hydrogens is 367 g/mol. The Hall–Kier alpha value is -1.90. The van der Waals surface area contributed by atoms with Gasteiger partial charge in [-0.3, -0.25) is 0 Å². The average Bonchev–Trinajstić information content (AvgIpc) is 2.60. The minimum atomic E-state index is -3.76. The first-order valence-electron chi connectivity index (χ1n) is 8.21. The highest BCUT2D eigenvalue weighted by Crippen LogP contribution is 2.27. The lowest BCUT2D eigenvalue weighted by atomic mass is 9.94. The normalized spacial score (nSPS) is 20.9. The molecule has 1 saturated carbocycles. The predicted molar refractivity (Wildman–Crippen MR) is 90.3 cm³/mol. The predicted octanol–water partition coefficient (Wildman–Crippen LogP) is 3.35. The Labute approximate surface area is 149 Å². The first-order chi connectivity index (χ1) is 12.3. The lowest BCUT2D eigenvalue weighted by Crippen LogP contribution is -2.38. The van der Waals surface area contributed by atoms with Crippen LogP contribution in [0.3, 0.4) is 0 Å². The quantitative estimate of drug-likeness (QED) is 0.794. The molecule has 8 heteroatoms. The van der Waals surface area contributed by atoms with Gasteiger partial charge in [-0.25, -0.2) is 26.3 Å². The van der Waals surface area contributed by atoms with E-state index in [1.54, 1.807) is 0 Å². The highest BCUT2D eigenvalue weighted by Gasteiger charge is 2.25. The Morgan fingerprint density at radius 2 is 1.46 bits per heavy atom. The zero-order valence-electron chi connectivity index (χ0n) is 13.8. The molecule has 4 nitrogen and oxygen atoms in total. The van der Waals surface area contributed by atoms with E-state index >= 15 is 0 Å². The summed E-state index contributed by atoms with van der Waals surface area (Å²) in [4.78, 5) is -0.00429. The van der Waals surface area contributed by atoms with Gasteiger partial charge in [-0.1, -0.05) is 12.1 Å². The fourth-order valence-corrected chi connectivity index (χ4v) is 4.34. The molecule has 140 valence electrons. The zero-order valence-corrected chi connectivity index (χ0v) is 14.6. The third-order valence-electron chi connectivity index (χ3n) is 4.50. The van der Waals surface area contributed by atoms with Gasteiger partial charge in [-0.05, 0) is 49.4 Å². The van der Waals surface area contributed by atoms with Crippen LogP contribution in [0.25, 0.3) is 11.1 Å². The minimum absolute atomic E-state index is 0.00429. The summed E-state index contributed by atoms with van der Waals surface area (Å²) in [7, 11) is -3.76. The standard InChI is InChI=1S/C18H18F3NO3S/c19-16-10-18(21)17(20)9-15(16)11-1-7-14(8-2-11)26(24,25)22-12-3-5-13(23)6-4-12/h1-2,7-10,12-13,22-23H,3-6H2. The van der Waals surface area contributed by atoms with E-state index in [1.807, 2.05) is 0 Å². The van der Waals surface area contributed by atoms with E-state index in [0.29, 0.717) is 31.7 Å². The third-order valence-corrected chi connectivity index (χ3v) is 6.04. The van der Waals surface area contributed by atoms with Gasteiger partial charge in [0.2, 0.25) is 10.0 Å². The van der Waals surface area contributed by atoms with Gasteiger partial charge in [-0.2, -0.15) is 0 Å². The summed E-state index contributed by atoms with van der Waals surface area (Å²) in [5, 5.41) is 9.48. The molecule has 2 N–H and O–H groups in total. The van der Waals surface area contributed by atoms with Crippen molar-refractivity contribution in [2.24, 2.45) is 0 Å². The zero-order chi connectivity index (χ0) is 18.9. The van der Waals surface area contributed by atoms with Crippen LogP contribution < -0.4 is 4.72 Å². The molecule has 1 aliphatic carbocycles. The van der Waals surface area contributed by atoms with Crippen molar-refractivity contribution >= 4 is 10.0 Å². The van der Waals surface area contributed by atoms with Crippen LogP contribution in [-0.4, -0.2) is 25.7 Å². The van der Waals surface area contributed by atoms with Crippen LogP contribution in [0, 0.1) is 17.5 Å². The summed E-state index contributed by atoms with van der Waals surface area (Å²) in [5.41, 5.74) is 0.0863. The number of aliphatic hydroxyl groups excluding tert-OH is 1. The van der Waals surface area contributed by atoms with Crippen molar-refractivity contribution in [2.45, 2.75) is 42.7 Å². The van der Waals surface area contributed by atoms with Gasteiger partial charge in [0.15, 0.2) is 11.6 Å². The summed E-state index contributed by atoms with van der Waals surface area (Å²) in [6, 6.07) is 6.20. The fraction of sp³-hybridized carbons (Fsp3) is 0.333. The van der Waals surface area contributed by atoms with Crippen LogP contribution in [0.1, 0.15) is 25.7 Å². The van der Waals surface area contributed by atoms with Gasteiger partial charge in [-0.15, -0.1) is 0 Å². The largest absolute Gasteiger partial charge is 0.393 e. The Morgan fingerprint density at radius 1 is 0.885 bits per heavy atom. The molecule has 1 fully saturated rings. The number of hydrogen-bond acceptors (Lipinski definition) is 3. The van der Waals surface area contributed by atoms with Gasteiger partial charge in [0, 0.05) is 17.7 Å². The fourth-order valence-electron chi connectivity index (χ4n) is 3.04. The van der Waals surface area contributed by atoms with Crippen LogP contribution in [0.15, 0.2) is 41.3 Å². The summed E-state index contributed by atoms with van der Waals surface area (Å²) in [6.07, 6.45) is 1.81. The molecule has 0 aliphatic heterocycles. The monoisotopic (exact) mass is 385 g/mol. The maximum atomic E-state index is 13.8. The van der Waals surface area contributed by atoms with Crippen molar-refractivity contribution in [1.82, 2.24) is 4.72 Å². The first kappa shape index (κ1) is 18.9. The Bertz CT molecular complexity index is 893. The first-order valence-corrected chi connectivity index (χ1v) is 9.70. The number of benzene rings is 2. The highest BCUT2D eigenvalue weighted by molar-refractivity contribution is 7.89. The van der Waals surface area contributed by atoms with Gasteiger partial charge in [0.05, 0.1) is 11.0 Å². The molecule has 0 bridgehead atoms. The molecule has 0 spiro atoms. The van der Waals surface area contributed by atoms with Crippen molar-refractivity contribution < 1.29 is 26.7 Å². The SMILES string of the molecule is O=S(=O)(NC1CCC(O)CC1)c1ccc(-c2cc(F)c(F)cc2F)cc1. The number of halogens is 3. The highest BCUT2D eigenvalue weighted by atomic mass is 32.2. The van der Waals surface area contributed by atoms with Crippen LogP contribution in [0.4, 0.5) is 13.2 Å². The van der Waals surface area contributed by atoms with Crippen LogP contribution in [0.5, 0.6) is 0 Å². The van der Waals surface area contributed by atoms with Gasteiger partial charge < -0.3 is 5.11 Å². The van der Waals surface area contributed by atoms with E-state index in [0.717, 1.165) is 6.07 Å². The lowest BCUT2D eigenvalue weighted by molar-refractivity contribution is 0.120. The van der Waals surface area contributed by atoms with Crippen LogP contribution in [-0.2, 0) is 10.0 Å². The van der Waals surface area contributed by atoms with Crippen molar-refractivity contribution in [3.8, 4) is 11.1 Å². The summed E-state index contributed by atoms with van der Waals surface area (Å²) in [5.74, 6) is -3.40. The lowest BCUT2D eigenvalue weighted by Gasteiger charge is -2.26. The van der Waals surface area contributed by atoms with E-state index in [-0.39, 0.29) is 28.2 Å². The van der Waals surface area contributed by atoms with Crippen LogP contribution in [0.2, 0.25) is 0 Å². The number of rotatable bonds is 4. The van der Waals surface area contributed by atoms with Crippen LogP contribution >= 0.6 is 0 Å². The third kappa shape index (κ3) is 4.08. The molecule has 0 radical (unpaired) electrons. The van der Waals surface area contributed by atoms with E-state index < -0.39 is 27.5 Å². The van der Waals surface area contributed by atoms with Crippen molar-refractivity contribution in [2.75, 3.05) is 0 Å². The van der Waals surface area contributed by atoms with Gasteiger partial charge in [0.1, 0.15) is 5.82 Å². The second-order valence-corrected chi connectivity index (χ2v) is 8.11. The average molecular weight is 385 g/mol. The second kappa shape index (κ2) is 7.38. The van der Waals surface area contributed by atoms with E-state index in [2.05, 4.69) is 4.72 Å². The molecule has 26 heavy (non-hydrogen) atoms. The van der Waals surface area contributed by atoms with E-state index in [1.165, 1.54) is 24.3 Å². The van der Waals surface area contributed by atoms with E-state index in [9.17, 15) is 26.7 Å². The molecule has 0 atom stereocenters. The molecular formula is C18H18F3NO3S. The maximum absolute atomic E-state index is 13.8. The molecule has 1 aliphatic rings. The Morgan fingerprint density at radius 3 is 2.08 bits per heavy atom. The number of aliphatic hydroxyl groups is 1. The topological polar surface area (TPSA) is 66.4 Å². The molecule has 0 amide bonds. The number of hydrogen-bond donors (Lipinski definition) is 2. The Kier molecular flexibility index (Phi) is 5.36. The summed E-state index contributed by atoms with van der Waals surface area (Å²) >= 11 is 0. The molecule has 0 aromatic heterocycles. The molecule has 0 unspecified atom stereocenters. The number of nitrogens with one attached hydrogen (secondary N) is 1. The van der Waals surface area contributed by atoms with Crippen molar-refractivity contribution in [1.29, 1.82) is 0 Å². The maximum Gasteiger partial charge on any atom is 0.240 e.